The van der Waals surface area contributed by atoms with Crippen LogP contribution in [-0.4, -0.2) is 62.9 Å². The zero-order chi connectivity index (χ0) is 26.1. The highest BCUT2D eigenvalue weighted by atomic mass is 16.5. The van der Waals surface area contributed by atoms with Gasteiger partial charge in [-0.25, -0.2) is 0 Å². The van der Waals surface area contributed by atoms with E-state index in [9.17, 15) is 19.2 Å². The monoisotopic (exact) mass is 495 g/mol. The zero-order valence-corrected chi connectivity index (χ0v) is 20.4. The number of nitrogens with zero attached hydrogens (tertiary/aromatic N) is 1. The van der Waals surface area contributed by atoms with Crippen LogP contribution in [0, 0.1) is 0 Å². The lowest BCUT2D eigenvalue weighted by atomic mass is 9.97. The van der Waals surface area contributed by atoms with Crippen LogP contribution in [0.25, 0.3) is 0 Å². The number of carbonyl (C=O) groups excluding carboxylic acids is 4. The molecule has 0 radical (unpaired) electrons. The van der Waals surface area contributed by atoms with Gasteiger partial charge in [0.25, 0.3) is 17.7 Å². The predicted molar refractivity (Wildman–Crippen MR) is 131 cm³/mol. The second kappa shape index (κ2) is 12.4. The Morgan fingerprint density at radius 3 is 2.19 bits per heavy atom. The quantitative estimate of drug-likeness (QED) is 0.430. The van der Waals surface area contributed by atoms with Gasteiger partial charge in [0, 0.05) is 43.8 Å². The van der Waals surface area contributed by atoms with Crippen molar-refractivity contribution in [1.82, 2.24) is 15.5 Å². The maximum atomic E-state index is 12.9. The fourth-order valence-electron chi connectivity index (χ4n) is 3.66. The predicted octanol–water partition coefficient (Wildman–Crippen LogP) is 1.74. The zero-order valence-electron chi connectivity index (χ0n) is 20.4. The van der Waals surface area contributed by atoms with Crippen molar-refractivity contribution in [2.45, 2.75) is 18.9 Å². The van der Waals surface area contributed by atoms with Crippen LogP contribution in [0.15, 0.2) is 54.6 Å². The van der Waals surface area contributed by atoms with Gasteiger partial charge in [0.1, 0.15) is 17.2 Å². The third-order valence-corrected chi connectivity index (χ3v) is 5.61. The molecule has 0 aromatic heterocycles. The molecule has 0 spiro atoms. The van der Waals surface area contributed by atoms with Crippen molar-refractivity contribution in [3.05, 3.63) is 65.7 Å². The summed E-state index contributed by atoms with van der Waals surface area (Å²) in [6.07, 6.45) is 2.87. The molecule has 3 rings (SSSR count). The van der Waals surface area contributed by atoms with Gasteiger partial charge in [-0.1, -0.05) is 12.1 Å². The first-order valence-corrected chi connectivity index (χ1v) is 11.3. The van der Waals surface area contributed by atoms with Gasteiger partial charge in [0.2, 0.25) is 5.91 Å². The molecule has 1 aliphatic heterocycles. The molecule has 1 atom stereocenters. The SMILES string of the molecule is CNC(=O)COc1ccc(C(NC(=O)CCCN2C(=O)C=CC2=O)c2ccc(OC)cc2OC)cc1. The standard InChI is InChI=1S/C26H29N3O7/c1-27-23(31)16-36-18-8-6-17(7-9-18)26(20-11-10-19(34-2)15-21(20)35-3)28-22(30)5-4-14-29-24(32)12-13-25(29)33/h6-13,15,26H,4-5,14,16H2,1-3H3,(H,27,31)(H,28,30). The number of carbonyl (C=O) groups is 4. The molecule has 0 saturated heterocycles. The minimum Gasteiger partial charge on any atom is -0.497 e. The van der Waals surface area contributed by atoms with Crippen LogP contribution in [0.3, 0.4) is 0 Å². The van der Waals surface area contributed by atoms with Crippen molar-refractivity contribution in [3.63, 3.8) is 0 Å². The number of hydrogen-bond acceptors (Lipinski definition) is 7. The van der Waals surface area contributed by atoms with Crippen LogP contribution in [0.4, 0.5) is 0 Å². The van der Waals surface area contributed by atoms with Gasteiger partial charge in [-0.05, 0) is 36.2 Å². The number of nitrogens with one attached hydrogen (secondary N) is 2. The van der Waals surface area contributed by atoms with Crippen molar-refractivity contribution in [2.75, 3.05) is 34.4 Å². The van der Waals surface area contributed by atoms with E-state index in [1.807, 2.05) is 6.07 Å². The molecule has 4 amide bonds. The number of rotatable bonds is 12. The molecule has 2 aromatic rings. The molecule has 10 nitrogen and oxygen atoms in total. The highest BCUT2D eigenvalue weighted by molar-refractivity contribution is 6.12. The molecule has 190 valence electrons. The first-order chi connectivity index (χ1) is 17.4. The summed E-state index contributed by atoms with van der Waals surface area (Å²) in [5.74, 6) is 0.374. The summed E-state index contributed by atoms with van der Waals surface area (Å²) < 4.78 is 16.3. The smallest absolute Gasteiger partial charge is 0.257 e. The number of likely N-dealkylation sites (N-methyl/N-ethyl adjacent to an activating group) is 1. The minimum absolute atomic E-state index is 0.110. The van der Waals surface area contributed by atoms with E-state index < -0.39 is 6.04 Å². The molecule has 36 heavy (non-hydrogen) atoms. The number of imide groups is 1. The van der Waals surface area contributed by atoms with E-state index in [1.165, 1.54) is 26.3 Å². The lowest BCUT2D eigenvalue weighted by Gasteiger charge is -2.23. The number of ether oxygens (including phenoxy) is 3. The number of amides is 4. The second-order valence-electron chi connectivity index (χ2n) is 7.90. The Bertz CT molecular complexity index is 1130. The average Bonchev–Trinajstić information content (AvgIpc) is 3.22. The maximum Gasteiger partial charge on any atom is 0.257 e. The van der Waals surface area contributed by atoms with Crippen LogP contribution in [0.1, 0.15) is 30.0 Å². The van der Waals surface area contributed by atoms with Gasteiger partial charge in [-0.2, -0.15) is 0 Å². The highest BCUT2D eigenvalue weighted by Crippen LogP contribution is 2.34. The Morgan fingerprint density at radius 1 is 0.917 bits per heavy atom. The highest BCUT2D eigenvalue weighted by Gasteiger charge is 2.24. The van der Waals surface area contributed by atoms with Crippen molar-refractivity contribution < 1.29 is 33.4 Å². The molecule has 1 unspecified atom stereocenters. The van der Waals surface area contributed by atoms with Crippen LogP contribution in [0.2, 0.25) is 0 Å². The van der Waals surface area contributed by atoms with Crippen LogP contribution >= 0.6 is 0 Å². The number of benzene rings is 2. The summed E-state index contributed by atoms with van der Waals surface area (Å²) in [5, 5.41) is 5.51. The lowest BCUT2D eigenvalue weighted by Crippen LogP contribution is -2.33. The largest absolute Gasteiger partial charge is 0.497 e. The van der Waals surface area contributed by atoms with E-state index >= 15 is 0 Å². The normalized spacial score (nSPS) is 13.4. The molecule has 0 aliphatic carbocycles. The van der Waals surface area contributed by atoms with E-state index in [2.05, 4.69) is 10.6 Å². The van der Waals surface area contributed by atoms with Crippen molar-refractivity contribution >= 4 is 23.6 Å². The molecule has 1 heterocycles. The Labute approximate surface area is 209 Å². The van der Waals surface area contributed by atoms with E-state index in [0.717, 1.165) is 10.5 Å². The van der Waals surface area contributed by atoms with E-state index in [1.54, 1.807) is 43.5 Å². The van der Waals surface area contributed by atoms with Gasteiger partial charge in [-0.3, -0.25) is 24.1 Å². The third-order valence-electron chi connectivity index (χ3n) is 5.61. The molecule has 2 aromatic carbocycles. The van der Waals surface area contributed by atoms with Gasteiger partial charge >= 0.3 is 0 Å². The third kappa shape index (κ3) is 6.62. The summed E-state index contributed by atoms with van der Waals surface area (Å²) in [7, 11) is 4.61. The van der Waals surface area contributed by atoms with E-state index in [0.29, 0.717) is 29.2 Å². The average molecular weight is 496 g/mol. The summed E-state index contributed by atoms with van der Waals surface area (Å²) >= 11 is 0. The summed E-state index contributed by atoms with van der Waals surface area (Å²) in [4.78, 5) is 48.9. The number of methoxy groups -OCH3 is 2. The van der Waals surface area contributed by atoms with Crippen LogP contribution < -0.4 is 24.8 Å². The maximum absolute atomic E-state index is 12.9. The Kier molecular flexibility index (Phi) is 9.04. The van der Waals surface area contributed by atoms with E-state index in [4.69, 9.17) is 14.2 Å². The molecular formula is C26H29N3O7. The first-order valence-electron chi connectivity index (χ1n) is 11.3. The fourth-order valence-corrected chi connectivity index (χ4v) is 3.66. The Balaban J connectivity index is 1.77. The summed E-state index contributed by atoms with van der Waals surface area (Å²) in [6, 6.07) is 11.8. The lowest BCUT2D eigenvalue weighted by molar-refractivity contribution is -0.137. The molecular weight excluding hydrogens is 466 g/mol. The topological polar surface area (TPSA) is 123 Å². The van der Waals surface area contributed by atoms with Crippen molar-refractivity contribution in [3.8, 4) is 17.2 Å². The van der Waals surface area contributed by atoms with Crippen molar-refractivity contribution in [1.29, 1.82) is 0 Å². The summed E-state index contributed by atoms with van der Waals surface area (Å²) in [5.41, 5.74) is 1.47. The first kappa shape index (κ1) is 26.3. The second-order valence-corrected chi connectivity index (χ2v) is 7.90. The molecule has 0 bridgehead atoms. The van der Waals surface area contributed by atoms with Gasteiger partial charge in [0.15, 0.2) is 6.61 Å². The fraction of sp³-hybridized carbons (Fsp3) is 0.308. The number of hydrogen-bond donors (Lipinski definition) is 2. The molecule has 0 fully saturated rings. The van der Waals surface area contributed by atoms with Crippen LogP contribution in [-0.2, 0) is 19.2 Å². The van der Waals surface area contributed by atoms with Gasteiger partial charge in [0.05, 0.1) is 20.3 Å². The van der Waals surface area contributed by atoms with Gasteiger partial charge < -0.3 is 24.8 Å². The molecule has 1 aliphatic rings. The van der Waals surface area contributed by atoms with E-state index in [-0.39, 0.29) is 43.2 Å². The van der Waals surface area contributed by atoms with Crippen molar-refractivity contribution in [2.24, 2.45) is 0 Å². The van der Waals surface area contributed by atoms with Gasteiger partial charge in [-0.15, -0.1) is 0 Å². The Morgan fingerprint density at radius 2 is 1.58 bits per heavy atom. The molecule has 2 N–H and O–H groups in total. The minimum atomic E-state index is -0.567. The Hall–Kier alpha value is -4.34. The summed E-state index contributed by atoms with van der Waals surface area (Å²) in [6.45, 7) is 0.0475. The van der Waals surface area contributed by atoms with Crippen LogP contribution in [0.5, 0.6) is 17.2 Å². The molecule has 10 heteroatoms. The molecule has 0 saturated carbocycles.